The summed E-state index contributed by atoms with van der Waals surface area (Å²) in [4.78, 5) is 29.8. The summed E-state index contributed by atoms with van der Waals surface area (Å²) in [5.74, 6) is 1.35. The van der Waals surface area contributed by atoms with Crippen molar-refractivity contribution in [1.29, 1.82) is 0 Å². The summed E-state index contributed by atoms with van der Waals surface area (Å²) in [6, 6.07) is 10.5. The maximum Gasteiger partial charge on any atom is 0.243 e. The summed E-state index contributed by atoms with van der Waals surface area (Å²) < 4.78 is 0. The van der Waals surface area contributed by atoms with Gasteiger partial charge in [-0.15, -0.1) is 11.8 Å². The number of nitrogens with one attached hydrogen (secondary N) is 1. The third-order valence-electron chi connectivity index (χ3n) is 5.58. The second-order valence-electron chi connectivity index (χ2n) is 8.89. The SMILES string of the molecule is CC(C)(C)C(=O)N1CSCC1C(=O)NCC1CCCCN1Cc1ccccc1. The molecule has 0 saturated carbocycles. The Morgan fingerprint density at radius 1 is 1.18 bits per heavy atom. The Morgan fingerprint density at radius 3 is 2.64 bits per heavy atom. The normalized spacial score (nSPS) is 23.6. The molecule has 0 bridgehead atoms. The molecule has 0 spiro atoms. The monoisotopic (exact) mass is 403 g/mol. The van der Waals surface area contributed by atoms with Gasteiger partial charge in [-0.1, -0.05) is 57.5 Å². The molecule has 0 radical (unpaired) electrons. The number of likely N-dealkylation sites (tertiary alicyclic amines) is 1. The molecule has 2 heterocycles. The van der Waals surface area contributed by atoms with E-state index in [0.29, 0.717) is 24.2 Å². The van der Waals surface area contributed by atoms with E-state index in [9.17, 15) is 9.59 Å². The predicted molar refractivity (Wildman–Crippen MR) is 115 cm³/mol. The summed E-state index contributed by atoms with van der Waals surface area (Å²) in [6.07, 6.45) is 3.53. The molecule has 2 amide bonds. The van der Waals surface area contributed by atoms with Crippen molar-refractivity contribution < 1.29 is 9.59 Å². The molecule has 1 aromatic carbocycles. The Balaban J connectivity index is 1.57. The van der Waals surface area contributed by atoms with Crippen LogP contribution < -0.4 is 5.32 Å². The Morgan fingerprint density at radius 2 is 1.93 bits per heavy atom. The first-order valence-corrected chi connectivity index (χ1v) is 11.5. The second kappa shape index (κ2) is 9.31. The Bertz CT molecular complexity index is 674. The lowest BCUT2D eigenvalue weighted by molar-refractivity contribution is -0.144. The average molecular weight is 404 g/mol. The van der Waals surface area contributed by atoms with Gasteiger partial charge in [0.1, 0.15) is 6.04 Å². The highest BCUT2D eigenvalue weighted by Crippen LogP contribution is 2.27. The minimum atomic E-state index is -0.459. The molecule has 0 aromatic heterocycles. The summed E-state index contributed by atoms with van der Waals surface area (Å²) in [5.41, 5.74) is 0.856. The largest absolute Gasteiger partial charge is 0.353 e. The van der Waals surface area contributed by atoms with E-state index in [2.05, 4.69) is 34.5 Å². The highest BCUT2D eigenvalue weighted by molar-refractivity contribution is 7.99. The van der Waals surface area contributed by atoms with Crippen LogP contribution in [0.4, 0.5) is 0 Å². The molecule has 5 nitrogen and oxygen atoms in total. The number of piperidine rings is 1. The highest BCUT2D eigenvalue weighted by atomic mass is 32.2. The first kappa shape index (κ1) is 21.2. The lowest BCUT2D eigenvalue weighted by Crippen LogP contribution is -2.53. The van der Waals surface area contributed by atoms with Gasteiger partial charge in [0.2, 0.25) is 11.8 Å². The van der Waals surface area contributed by atoms with E-state index in [1.165, 1.54) is 18.4 Å². The van der Waals surface area contributed by atoms with Crippen LogP contribution in [0.15, 0.2) is 30.3 Å². The number of thioether (sulfide) groups is 1. The highest BCUT2D eigenvalue weighted by Gasteiger charge is 2.39. The molecule has 0 aliphatic carbocycles. The van der Waals surface area contributed by atoms with Gasteiger partial charge in [0.05, 0.1) is 5.88 Å². The maximum absolute atomic E-state index is 12.9. The van der Waals surface area contributed by atoms with Crippen LogP contribution in [0.25, 0.3) is 0 Å². The van der Waals surface area contributed by atoms with Gasteiger partial charge < -0.3 is 10.2 Å². The van der Waals surface area contributed by atoms with Gasteiger partial charge in [0.15, 0.2) is 0 Å². The molecule has 2 saturated heterocycles. The van der Waals surface area contributed by atoms with Crippen molar-refractivity contribution >= 4 is 23.6 Å². The smallest absolute Gasteiger partial charge is 0.243 e. The van der Waals surface area contributed by atoms with Gasteiger partial charge in [-0.05, 0) is 24.9 Å². The lowest BCUT2D eigenvalue weighted by atomic mass is 9.94. The number of nitrogens with zero attached hydrogens (tertiary/aromatic N) is 2. The molecule has 2 aliphatic heterocycles. The molecule has 1 aromatic rings. The van der Waals surface area contributed by atoms with Crippen LogP contribution >= 0.6 is 11.8 Å². The van der Waals surface area contributed by atoms with Crippen molar-refractivity contribution in [1.82, 2.24) is 15.1 Å². The topological polar surface area (TPSA) is 52.7 Å². The number of hydrogen-bond acceptors (Lipinski definition) is 4. The quantitative estimate of drug-likeness (QED) is 0.821. The molecular weight excluding hydrogens is 370 g/mol. The van der Waals surface area contributed by atoms with Crippen LogP contribution in [0.5, 0.6) is 0 Å². The van der Waals surface area contributed by atoms with E-state index in [0.717, 1.165) is 19.5 Å². The zero-order valence-corrected chi connectivity index (χ0v) is 18.1. The van der Waals surface area contributed by atoms with Crippen molar-refractivity contribution in [3.05, 3.63) is 35.9 Å². The van der Waals surface area contributed by atoms with Crippen molar-refractivity contribution in [2.75, 3.05) is 24.7 Å². The minimum absolute atomic E-state index is 0.00663. The van der Waals surface area contributed by atoms with Crippen LogP contribution in [0.3, 0.4) is 0 Å². The number of rotatable bonds is 5. The molecule has 2 fully saturated rings. The molecule has 2 aliphatic rings. The fourth-order valence-electron chi connectivity index (χ4n) is 3.94. The van der Waals surface area contributed by atoms with Crippen molar-refractivity contribution in [3.8, 4) is 0 Å². The third kappa shape index (κ3) is 5.29. The van der Waals surface area contributed by atoms with Gasteiger partial charge in [-0.2, -0.15) is 0 Å². The molecule has 28 heavy (non-hydrogen) atoms. The molecular formula is C22H33N3O2S. The van der Waals surface area contributed by atoms with E-state index < -0.39 is 5.41 Å². The van der Waals surface area contributed by atoms with Crippen LogP contribution in [0, 0.1) is 5.41 Å². The Labute approximate surface area is 173 Å². The summed E-state index contributed by atoms with van der Waals surface area (Å²) in [7, 11) is 0. The second-order valence-corrected chi connectivity index (χ2v) is 9.89. The lowest BCUT2D eigenvalue weighted by Gasteiger charge is -2.36. The fraction of sp³-hybridized carbons (Fsp3) is 0.636. The molecule has 2 unspecified atom stereocenters. The van der Waals surface area contributed by atoms with Gasteiger partial charge in [0.25, 0.3) is 0 Å². The average Bonchev–Trinajstić information content (AvgIpc) is 3.16. The fourth-order valence-corrected chi connectivity index (χ4v) is 5.10. The van der Waals surface area contributed by atoms with Gasteiger partial charge in [0, 0.05) is 30.3 Å². The number of carbonyl (C=O) groups is 2. The van der Waals surface area contributed by atoms with Gasteiger partial charge >= 0.3 is 0 Å². The van der Waals surface area contributed by atoms with Gasteiger partial charge in [-0.3, -0.25) is 14.5 Å². The molecule has 154 valence electrons. The standard InChI is InChI=1S/C22H33N3O2S/c1-22(2,3)21(27)25-16-28-15-19(25)20(26)23-13-18-11-7-8-12-24(18)14-17-9-5-4-6-10-17/h4-6,9-10,18-19H,7-8,11-16H2,1-3H3,(H,23,26). The van der Waals surface area contributed by atoms with E-state index in [-0.39, 0.29) is 17.9 Å². The molecule has 2 atom stereocenters. The number of benzene rings is 1. The Kier molecular flexibility index (Phi) is 7.05. The van der Waals surface area contributed by atoms with Crippen LogP contribution in [0.2, 0.25) is 0 Å². The van der Waals surface area contributed by atoms with Gasteiger partial charge in [-0.25, -0.2) is 0 Å². The van der Waals surface area contributed by atoms with Crippen molar-refractivity contribution in [2.45, 2.75) is 58.7 Å². The summed E-state index contributed by atoms with van der Waals surface area (Å²) in [6.45, 7) is 8.40. The van der Waals surface area contributed by atoms with E-state index in [4.69, 9.17) is 0 Å². The number of hydrogen-bond donors (Lipinski definition) is 1. The Hall–Kier alpha value is -1.53. The van der Waals surface area contributed by atoms with Crippen molar-refractivity contribution in [3.63, 3.8) is 0 Å². The number of amides is 2. The summed E-state index contributed by atoms with van der Waals surface area (Å²) >= 11 is 1.66. The van der Waals surface area contributed by atoms with Crippen molar-refractivity contribution in [2.24, 2.45) is 5.41 Å². The van der Waals surface area contributed by atoms with Crippen LogP contribution in [0.1, 0.15) is 45.6 Å². The maximum atomic E-state index is 12.9. The van der Waals surface area contributed by atoms with Crippen LogP contribution in [-0.2, 0) is 16.1 Å². The summed E-state index contributed by atoms with van der Waals surface area (Å²) in [5, 5.41) is 3.16. The van der Waals surface area contributed by atoms with Crippen LogP contribution in [-0.4, -0.2) is 58.4 Å². The minimum Gasteiger partial charge on any atom is -0.353 e. The molecule has 1 N–H and O–H groups in total. The molecule has 3 rings (SSSR count). The predicted octanol–water partition coefficient (Wildman–Crippen LogP) is 3.10. The zero-order chi connectivity index (χ0) is 20.1. The number of carbonyl (C=O) groups excluding carboxylic acids is 2. The van der Waals surface area contributed by atoms with E-state index in [1.54, 1.807) is 16.7 Å². The first-order valence-electron chi connectivity index (χ1n) is 10.3. The van der Waals surface area contributed by atoms with E-state index >= 15 is 0 Å². The third-order valence-corrected chi connectivity index (χ3v) is 6.59. The first-order chi connectivity index (χ1) is 13.4. The molecule has 6 heteroatoms. The zero-order valence-electron chi connectivity index (χ0n) is 17.3. The van der Waals surface area contributed by atoms with E-state index in [1.807, 2.05) is 26.8 Å².